The number of benzene rings is 3. The van der Waals surface area contributed by atoms with Crippen LogP contribution in [0.15, 0.2) is 82.6 Å². The van der Waals surface area contributed by atoms with Crippen LogP contribution in [0.4, 0.5) is 15.8 Å². The van der Waals surface area contributed by atoms with Gasteiger partial charge in [-0.1, -0.05) is 36.4 Å². The minimum absolute atomic E-state index is 0.0803. The molecule has 0 saturated carbocycles. The molecule has 1 N–H and O–H groups in total. The lowest BCUT2D eigenvalue weighted by Gasteiger charge is -2.05. The van der Waals surface area contributed by atoms with E-state index in [1.165, 1.54) is 41.1 Å². The van der Waals surface area contributed by atoms with E-state index in [1.807, 2.05) is 30.3 Å². The first kappa shape index (κ1) is 20.9. The molecule has 4 rings (SSSR count). The number of aliphatic imine (C=N–C) groups is 1. The molecule has 0 fully saturated rings. The van der Waals surface area contributed by atoms with E-state index in [-0.39, 0.29) is 11.2 Å². The van der Waals surface area contributed by atoms with Crippen LogP contribution in [0.5, 0.6) is 0 Å². The molecule has 3 aromatic carbocycles. The molecule has 1 heterocycles. The number of nitro benzene ring substituents is 1. The number of H-pyrrole nitrogens is 1. The van der Waals surface area contributed by atoms with E-state index in [0.717, 1.165) is 11.1 Å². The Morgan fingerprint density at radius 1 is 1.06 bits per heavy atom. The van der Waals surface area contributed by atoms with Gasteiger partial charge in [-0.05, 0) is 43.7 Å². The van der Waals surface area contributed by atoms with Gasteiger partial charge in [0.05, 0.1) is 33.3 Å². The Morgan fingerprint density at radius 2 is 1.75 bits per heavy atom. The van der Waals surface area contributed by atoms with Crippen LogP contribution in [0.2, 0.25) is 0 Å². The maximum absolute atomic E-state index is 13.4. The molecule has 0 spiro atoms. The van der Waals surface area contributed by atoms with Crippen molar-refractivity contribution in [2.45, 2.75) is 13.8 Å². The Balaban J connectivity index is 1.92. The number of nitrogens with zero attached hydrogens (tertiary/aromatic N) is 3. The van der Waals surface area contributed by atoms with Crippen LogP contribution in [0, 0.1) is 22.9 Å². The third-order valence-electron chi connectivity index (χ3n) is 5.09. The van der Waals surface area contributed by atoms with E-state index in [0.29, 0.717) is 28.3 Å². The number of nitro groups is 1. The van der Waals surface area contributed by atoms with Gasteiger partial charge >= 0.3 is 0 Å². The smallest absolute Gasteiger partial charge is 0.280 e. The Labute approximate surface area is 182 Å². The van der Waals surface area contributed by atoms with Crippen molar-refractivity contribution >= 4 is 17.1 Å². The molecule has 0 atom stereocenters. The number of non-ortho nitro benzene ring substituents is 1. The number of rotatable bonds is 5. The van der Waals surface area contributed by atoms with Gasteiger partial charge in [-0.2, -0.15) is 0 Å². The molecular weight excluding hydrogens is 411 g/mol. The first-order chi connectivity index (χ1) is 15.3. The largest absolute Gasteiger partial charge is 0.290 e. The maximum atomic E-state index is 13.4. The number of aromatic nitrogens is 2. The number of hydrogen-bond acceptors (Lipinski definition) is 4. The third-order valence-corrected chi connectivity index (χ3v) is 5.09. The molecule has 7 nitrogen and oxygen atoms in total. The Hall–Kier alpha value is -4.33. The SMILES string of the molecule is CC(=Nc1cc([N+](=O)[O-])ccc1C)c1c(-c2ccccc2)[nH]n(-c2ccc(F)cc2)c1=O. The highest BCUT2D eigenvalue weighted by Crippen LogP contribution is 2.27. The van der Waals surface area contributed by atoms with Gasteiger partial charge in [-0.25, -0.2) is 9.07 Å². The number of nitrogens with one attached hydrogen (secondary N) is 1. The minimum atomic E-state index is -0.485. The van der Waals surface area contributed by atoms with Crippen molar-refractivity contribution in [2.24, 2.45) is 4.99 Å². The molecule has 0 aliphatic heterocycles. The highest BCUT2D eigenvalue weighted by molar-refractivity contribution is 6.05. The van der Waals surface area contributed by atoms with Crippen molar-refractivity contribution in [1.82, 2.24) is 9.78 Å². The summed E-state index contributed by atoms with van der Waals surface area (Å²) < 4.78 is 14.7. The van der Waals surface area contributed by atoms with E-state index in [2.05, 4.69) is 10.1 Å². The van der Waals surface area contributed by atoms with Gasteiger partial charge in [-0.3, -0.25) is 25.0 Å². The summed E-state index contributed by atoms with van der Waals surface area (Å²) in [6.07, 6.45) is 0. The predicted octanol–water partition coefficient (Wildman–Crippen LogP) is 5.33. The fourth-order valence-corrected chi connectivity index (χ4v) is 3.43. The Morgan fingerprint density at radius 3 is 2.41 bits per heavy atom. The van der Waals surface area contributed by atoms with Crippen molar-refractivity contribution in [3.05, 3.63) is 110 Å². The van der Waals surface area contributed by atoms with Crippen LogP contribution in [0.25, 0.3) is 16.9 Å². The van der Waals surface area contributed by atoms with Crippen molar-refractivity contribution in [1.29, 1.82) is 0 Å². The zero-order chi connectivity index (χ0) is 22.8. The molecule has 160 valence electrons. The van der Waals surface area contributed by atoms with Gasteiger partial charge in [0.15, 0.2) is 0 Å². The van der Waals surface area contributed by atoms with Crippen molar-refractivity contribution < 1.29 is 9.31 Å². The molecule has 0 radical (unpaired) electrons. The normalized spacial score (nSPS) is 11.5. The number of aromatic amines is 1. The second kappa shape index (κ2) is 8.43. The lowest BCUT2D eigenvalue weighted by atomic mass is 10.0. The molecule has 0 aliphatic carbocycles. The standard InChI is InChI=1S/C24H19FN4O3/c1-15-8-11-20(29(31)32)14-21(15)26-16(2)22-23(17-6-4-3-5-7-17)27-28(24(22)30)19-12-9-18(25)10-13-19/h3-14,27H,1-2H3. The van der Waals surface area contributed by atoms with Crippen LogP contribution >= 0.6 is 0 Å². The van der Waals surface area contributed by atoms with E-state index in [9.17, 15) is 19.3 Å². The lowest BCUT2D eigenvalue weighted by molar-refractivity contribution is -0.384. The van der Waals surface area contributed by atoms with E-state index in [4.69, 9.17) is 0 Å². The zero-order valence-electron chi connectivity index (χ0n) is 17.4. The highest BCUT2D eigenvalue weighted by Gasteiger charge is 2.20. The van der Waals surface area contributed by atoms with Gasteiger partial charge in [0.2, 0.25) is 0 Å². The second-order valence-electron chi connectivity index (χ2n) is 7.27. The average Bonchev–Trinajstić information content (AvgIpc) is 3.13. The quantitative estimate of drug-likeness (QED) is 0.263. The summed E-state index contributed by atoms with van der Waals surface area (Å²) in [5.74, 6) is -0.407. The van der Waals surface area contributed by atoms with E-state index >= 15 is 0 Å². The maximum Gasteiger partial charge on any atom is 0.280 e. The summed E-state index contributed by atoms with van der Waals surface area (Å²) in [5, 5.41) is 14.3. The van der Waals surface area contributed by atoms with Crippen LogP contribution in [0.3, 0.4) is 0 Å². The summed E-state index contributed by atoms with van der Waals surface area (Å²) >= 11 is 0. The van der Waals surface area contributed by atoms with Gasteiger partial charge in [-0.15, -0.1) is 0 Å². The molecule has 0 amide bonds. The zero-order valence-corrected chi connectivity index (χ0v) is 17.4. The summed E-state index contributed by atoms with van der Waals surface area (Å²) in [6, 6.07) is 19.3. The molecule has 0 bridgehead atoms. The Bertz CT molecular complexity index is 1390. The first-order valence-electron chi connectivity index (χ1n) is 9.82. The number of aryl methyl sites for hydroxylation is 1. The summed E-state index contributed by atoms with van der Waals surface area (Å²) in [7, 11) is 0. The van der Waals surface area contributed by atoms with Crippen LogP contribution in [-0.4, -0.2) is 20.4 Å². The van der Waals surface area contributed by atoms with Gasteiger partial charge < -0.3 is 0 Å². The molecule has 4 aromatic rings. The predicted molar refractivity (Wildman–Crippen MR) is 121 cm³/mol. The lowest BCUT2D eigenvalue weighted by Crippen LogP contribution is -2.19. The van der Waals surface area contributed by atoms with Crippen molar-refractivity contribution in [3.63, 3.8) is 0 Å². The molecule has 0 saturated heterocycles. The highest BCUT2D eigenvalue weighted by atomic mass is 19.1. The second-order valence-corrected chi connectivity index (χ2v) is 7.27. The number of halogens is 1. The Kier molecular flexibility index (Phi) is 5.51. The molecule has 32 heavy (non-hydrogen) atoms. The van der Waals surface area contributed by atoms with Crippen LogP contribution < -0.4 is 5.56 Å². The van der Waals surface area contributed by atoms with Crippen LogP contribution in [0.1, 0.15) is 18.1 Å². The topological polar surface area (TPSA) is 93.3 Å². The summed E-state index contributed by atoms with van der Waals surface area (Å²) in [4.78, 5) is 28.6. The third kappa shape index (κ3) is 3.98. The summed E-state index contributed by atoms with van der Waals surface area (Å²) in [6.45, 7) is 3.48. The summed E-state index contributed by atoms with van der Waals surface area (Å²) in [5.41, 5.74) is 3.22. The monoisotopic (exact) mass is 430 g/mol. The van der Waals surface area contributed by atoms with Crippen LogP contribution in [-0.2, 0) is 0 Å². The van der Waals surface area contributed by atoms with Gasteiger partial charge in [0.1, 0.15) is 5.82 Å². The average molecular weight is 430 g/mol. The van der Waals surface area contributed by atoms with E-state index in [1.54, 1.807) is 19.9 Å². The fourth-order valence-electron chi connectivity index (χ4n) is 3.43. The fraction of sp³-hybridized carbons (Fsp3) is 0.0833. The number of hydrogen-bond donors (Lipinski definition) is 1. The molecule has 1 aromatic heterocycles. The first-order valence-corrected chi connectivity index (χ1v) is 9.82. The minimum Gasteiger partial charge on any atom is -0.290 e. The molecular formula is C24H19FN4O3. The molecule has 0 unspecified atom stereocenters. The van der Waals surface area contributed by atoms with Crippen molar-refractivity contribution in [3.8, 4) is 16.9 Å². The molecule has 8 heteroatoms. The van der Waals surface area contributed by atoms with Gasteiger partial charge in [0, 0.05) is 17.7 Å². The molecule has 0 aliphatic rings. The van der Waals surface area contributed by atoms with E-state index < -0.39 is 10.7 Å². The van der Waals surface area contributed by atoms with Gasteiger partial charge in [0.25, 0.3) is 11.2 Å². The van der Waals surface area contributed by atoms with Crippen molar-refractivity contribution in [2.75, 3.05) is 0 Å².